The first-order valence-electron chi connectivity index (χ1n) is 4.01. The van der Waals surface area contributed by atoms with E-state index in [1.165, 1.54) is 0 Å². The van der Waals surface area contributed by atoms with Crippen molar-refractivity contribution in [2.45, 2.75) is 25.8 Å². The van der Waals surface area contributed by atoms with Crippen LogP contribution in [0.1, 0.15) is 29.3 Å². The van der Waals surface area contributed by atoms with E-state index in [0.29, 0.717) is 5.82 Å². The lowest BCUT2D eigenvalue weighted by Gasteiger charge is -2.12. The van der Waals surface area contributed by atoms with Crippen LogP contribution < -0.4 is 5.73 Å². The SMILES string of the molecule is NC(=O)c1nnc2n1CCCC2. The van der Waals surface area contributed by atoms with Gasteiger partial charge in [-0.05, 0) is 12.8 Å². The second-order valence-corrected chi connectivity index (χ2v) is 2.91. The van der Waals surface area contributed by atoms with Crippen molar-refractivity contribution in [1.82, 2.24) is 14.8 Å². The van der Waals surface area contributed by atoms with Crippen LogP contribution in [0.2, 0.25) is 0 Å². The molecule has 0 aromatic carbocycles. The number of carbonyl (C=O) groups excluding carboxylic acids is 1. The smallest absolute Gasteiger partial charge is 0.286 e. The van der Waals surface area contributed by atoms with Gasteiger partial charge in [-0.1, -0.05) is 0 Å². The summed E-state index contributed by atoms with van der Waals surface area (Å²) < 4.78 is 1.81. The molecule has 0 saturated carbocycles. The summed E-state index contributed by atoms with van der Waals surface area (Å²) in [6.45, 7) is 0.820. The fourth-order valence-electron chi connectivity index (χ4n) is 1.49. The first-order chi connectivity index (χ1) is 5.79. The number of amides is 1. The summed E-state index contributed by atoms with van der Waals surface area (Å²) in [4.78, 5) is 10.8. The first kappa shape index (κ1) is 7.27. The summed E-state index contributed by atoms with van der Waals surface area (Å²) in [5, 5.41) is 7.63. The molecule has 5 heteroatoms. The van der Waals surface area contributed by atoms with Crippen LogP contribution in [0.15, 0.2) is 0 Å². The molecule has 0 saturated heterocycles. The number of nitrogens with two attached hydrogens (primary N) is 1. The number of nitrogens with zero attached hydrogens (tertiary/aromatic N) is 3. The third-order valence-electron chi connectivity index (χ3n) is 2.08. The Balaban J connectivity index is 2.44. The lowest BCUT2D eigenvalue weighted by Crippen LogP contribution is -2.21. The lowest BCUT2D eigenvalue weighted by atomic mass is 10.2. The van der Waals surface area contributed by atoms with Gasteiger partial charge < -0.3 is 10.3 Å². The van der Waals surface area contributed by atoms with E-state index in [2.05, 4.69) is 10.2 Å². The van der Waals surface area contributed by atoms with Crippen molar-refractivity contribution in [2.24, 2.45) is 5.73 Å². The maximum Gasteiger partial charge on any atom is 0.286 e. The van der Waals surface area contributed by atoms with Crippen LogP contribution in [0.5, 0.6) is 0 Å². The van der Waals surface area contributed by atoms with Crippen molar-refractivity contribution >= 4 is 5.91 Å². The molecule has 2 rings (SSSR count). The van der Waals surface area contributed by atoms with Crippen LogP contribution in [0, 0.1) is 0 Å². The molecule has 2 N–H and O–H groups in total. The Kier molecular flexibility index (Phi) is 1.56. The predicted octanol–water partition coefficient (Wildman–Crippen LogP) is -0.287. The zero-order chi connectivity index (χ0) is 8.55. The van der Waals surface area contributed by atoms with Crippen LogP contribution in [0.4, 0.5) is 0 Å². The minimum atomic E-state index is -0.490. The molecule has 1 aromatic rings. The Morgan fingerprint density at radius 3 is 3.00 bits per heavy atom. The molecule has 1 aliphatic rings. The molecule has 2 heterocycles. The average molecular weight is 166 g/mol. The molecule has 0 bridgehead atoms. The number of hydrogen-bond acceptors (Lipinski definition) is 3. The molecule has 12 heavy (non-hydrogen) atoms. The molecule has 0 spiro atoms. The summed E-state index contributed by atoms with van der Waals surface area (Å²) in [5.41, 5.74) is 5.12. The van der Waals surface area contributed by atoms with E-state index in [1.807, 2.05) is 4.57 Å². The van der Waals surface area contributed by atoms with E-state index in [1.54, 1.807) is 0 Å². The van der Waals surface area contributed by atoms with Crippen molar-refractivity contribution in [1.29, 1.82) is 0 Å². The van der Waals surface area contributed by atoms with E-state index < -0.39 is 5.91 Å². The molecule has 0 fully saturated rings. The molecule has 0 radical (unpaired) electrons. The molecule has 64 valence electrons. The number of aromatic nitrogens is 3. The molecule has 1 amide bonds. The summed E-state index contributed by atoms with van der Waals surface area (Å²) in [6.07, 6.45) is 3.10. The van der Waals surface area contributed by atoms with Gasteiger partial charge in [0.25, 0.3) is 5.91 Å². The zero-order valence-corrected chi connectivity index (χ0v) is 6.66. The lowest BCUT2D eigenvalue weighted by molar-refractivity contribution is 0.0985. The van der Waals surface area contributed by atoms with E-state index in [4.69, 9.17) is 5.73 Å². The van der Waals surface area contributed by atoms with E-state index in [0.717, 1.165) is 31.6 Å². The van der Waals surface area contributed by atoms with Gasteiger partial charge in [-0.3, -0.25) is 4.79 Å². The second-order valence-electron chi connectivity index (χ2n) is 2.91. The van der Waals surface area contributed by atoms with Crippen molar-refractivity contribution in [3.63, 3.8) is 0 Å². The van der Waals surface area contributed by atoms with E-state index >= 15 is 0 Å². The van der Waals surface area contributed by atoms with Gasteiger partial charge >= 0.3 is 0 Å². The van der Waals surface area contributed by atoms with Crippen molar-refractivity contribution in [2.75, 3.05) is 0 Å². The van der Waals surface area contributed by atoms with Gasteiger partial charge in [0, 0.05) is 13.0 Å². The highest BCUT2D eigenvalue weighted by molar-refractivity contribution is 5.89. The normalized spacial score (nSPS) is 15.7. The van der Waals surface area contributed by atoms with Gasteiger partial charge in [0.1, 0.15) is 5.82 Å². The summed E-state index contributed by atoms with van der Waals surface area (Å²) in [6, 6.07) is 0. The molecule has 0 unspecified atom stereocenters. The third-order valence-corrected chi connectivity index (χ3v) is 2.08. The maximum atomic E-state index is 10.8. The van der Waals surface area contributed by atoms with Crippen LogP contribution >= 0.6 is 0 Å². The first-order valence-corrected chi connectivity index (χ1v) is 4.01. The number of fused-ring (bicyclic) bond motifs is 1. The number of hydrogen-bond donors (Lipinski definition) is 1. The predicted molar refractivity (Wildman–Crippen MR) is 41.5 cm³/mol. The standard InChI is InChI=1S/C7H10N4O/c8-6(12)7-10-9-5-3-1-2-4-11(5)7/h1-4H2,(H2,8,12). The van der Waals surface area contributed by atoms with Crippen LogP contribution in [-0.2, 0) is 13.0 Å². The van der Waals surface area contributed by atoms with E-state index in [9.17, 15) is 4.79 Å². The van der Waals surface area contributed by atoms with Crippen molar-refractivity contribution < 1.29 is 4.79 Å². The van der Waals surface area contributed by atoms with Gasteiger partial charge in [-0.15, -0.1) is 10.2 Å². The van der Waals surface area contributed by atoms with Gasteiger partial charge in [-0.2, -0.15) is 0 Å². The van der Waals surface area contributed by atoms with Gasteiger partial charge in [-0.25, -0.2) is 0 Å². The second kappa shape index (κ2) is 2.58. The largest absolute Gasteiger partial charge is 0.363 e. The van der Waals surface area contributed by atoms with Crippen LogP contribution in [0.25, 0.3) is 0 Å². The quantitative estimate of drug-likeness (QED) is 0.623. The van der Waals surface area contributed by atoms with Crippen LogP contribution in [-0.4, -0.2) is 20.7 Å². The summed E-state index contributed by atoms with van der Waals surface area (Å²) >= 11 is 0. The topological polar surface area (TPSA) is 73.8 Å². The molecular weight excluding hydrogens is 156 g/mol. The number of primary amides is 1. The number of carbonyl (C=O) groups is 1. The van der Waals surface area contributed by atoms with E-state index in [-0.39, 0.29) is 0 Å². The fourth-order valence-corrected chi connectivity index (χ4v) is 1.49. The van der Waals surface area contributed by atoms with Gasteiger partial charge in [0.15, 0.2) is 0 Å². The number of rotatable bonds is 1. The minimum absolute atomic E-state index is 0.296. The Morgan fingerprint density at radius 2 is 2.25 bits per heavy atom. The summed E-state index contributed by atoms with van der Waals surface area (Å²) in [5.74, 6) is 0.690. The van der Waals surface area contributed by atoms with Gasteiger partial charge in [0.05, 0.1) is 0 Å². The van der Waals surface area contributed by atoms with Gasteiger partial charge in [0.2, 0.25) is 5.82 Å². The highest BCUT2D eigenvalue weighted by Crippen LogP contribution is 2.13. The maximum absolute atomic E-state index is 10.8. The zero-order valence-electron chi connectivity index (χ0n) is 6.66. The monoisotopic (exact) mass is 166 g/mol. The van der Waals surface area contributed by atoms with Crippen molar-refractivity contribution in [3.05, 3.63) is 11.6 Å². The highest BCUT2D eigenvalue weighted by Gasteiger charge is 2.18. The molecule has 5 nitrogen and oxygen atoms in total. The molecular formula is C7H10N4O. The molecule has 0 atom stereocenters. The molecule has 1 aliphatic heterocycles. The number of aryl methyl sites for hydroxylation is 1. The highest BCUT2D eigenvalue weighted by atomic mass is 16.1. The Bertz CT molecular complexity index is 317. The van der Waals surface area contributed by atoms with Crippen molar-refractivity contribution in [3.8, 4) is 0 Å². The summed E-state index contributed by atoms with van der Waals surface area (Å²) in [7, 11) is 0. The van der Waals surface area contributed by atoms with Crippen LogP contribution in [0.3, 0.4) is 0 Å². The minimum Gasteiger partial charge on any atom is -0.363 e. The average Bonchev–Trinajstić information content (AvgIpc) is 2.47. The Labute approximate surface area is 69.6 Å². The Morgan fingerprint density at radius 1 is 1.42 bits per heavy atom. The molecule has 1 aromatic heterocycles. The Hall–Kier alpha value is -1.39. The fraction of sp³-hybridized carbons (Fsp3) is 0.571. The third kappa shape index (κ3) is 0.975. The molecule has 0 aliphatic carbocycles.